The van der Waals surface area contributed by atoms with Crippen LogP contribution in [0.15, 0.2) is 41.6 Å². The lowest BCUT2D eigenvalue weighted by atomic mass is 10.1. The van der Waals surface area contributed by atoms with Crippen molar-refractivity contribution in [3.63, 3.8) is 0 Å². The molecular formula is C15H15NO2S. The van der Waals surface area contributed by atoms with Gasteiger partial charge < -0.3 is 5.11 Å². The Labute approximate surface area is 116 Å². The van der Waals surface area contributed by atoms with Gasteiger partial charge in [0, 0.05) is 23.0 Å². The number of thioether (sulfide) groups is 1. The SMILES string of the molecule is Cc1cncc(CSc2ccc(C)c(C(=O)O)c2)c1. The summed E-state index contributed by atoms with van der Waals surface area (Å²) in [6.07, 6.45) is 3.66. The lowest BCUT2D eigenvalue weighted by molar-refractivity contribution is 0.0696. The van der Waals surface area contributed by atoms with Gasteiger partial charge in [0.15, 0.2) is 0 Å². The molecule has 0 radical (unpaired) electrons. The third-order valence-electron chi connectivity index (χ3n) is 2.78. The van der Waals surface area contributed by atoms with E-state index in [4.69, 9.17) is 5.11 Å². The molecule has 0 amide bonds. The number of hydrogen-bond acceptors (Lipinski definition) is 3. The standard InChI is InChI=1S/C15H15NO2S/c1-10-5-12(8-16-7-10)9-19-13-4-3-11(2)14(6-13)15(17)18/h3-8H,9H2,1-2H3,(H,17,18). The Morgan fingerprint density at radius 3 is 2.74 bits per heavy atom. The van der Waals surface area contributed by atoms with Gasteiger partial charge in [-0.3, -0.25) is 4.98 Å². The zero-order valence-corrected chi connectivity index (χ0v) is 11.7. The Hall–Kier alpha value is -1.81. The molecule has 1 N–H and O–H groups in total. The molecule has 2 rings (SSSR count). The van der Waals surface area contributed by atoms with Crippen molar-refractivity contribution in [1.29, 1.82) is 0 Å². The molecule has 0 aliphatic carbocycles. The molecule has 1 aromatic carbocycles. The van der Waals surface area contributed by atoms with E-state index in [0.29, 0.717) is 5.56 Å². The van der Waals surface area contributed by atoms with Crippen LogP contribution in [0.2, 0.25) is 0 Å². The number of nitrogens with zero attached hydrogens (tertiary/aromatic N) is 1. The fraction of sp³-hybridized carbons (Fsp3) is 0.200. The van der Waals surface area contributed by atoms with E-state index in [1.54, 1.807) is 17.8 Å². The minimum Gasteiger partial charge on any atom is -0.478 e. The van der Waals surface area contributed by atoms with Crippen LogP contribution in [0, 0.1) is 13.8 Å². The molecular weight excluding hydrogens is 258 g/mol. The molecule has 4 heteroatoms. The van der Waals surface area contributed by atoms with Crippen LogP contribution in [0.4, 0.5) is 0 Å². The molecule has 1 heterocycles. The fourth-order valence-electron chi connectivity index (χ4n) is 1.78. The first kappa shape index (κ1) is 13.6. The summed E-state index contributed by atoms with van der Waals surface area (Å²) in [5.41, 5.74) is 3.43. The van der Waals surface area contributed by atoms with Crippen molar-refractivity contribution in [2.75, 3.05) is 0 Å². The van der Waals surface area contributed by atoms with E-state index in [2.05, 4.69) is 11.1 Å². The molecule has 0 bridgehead atoms. The van der Waals surface area contributed by atoms with Crippen LogP contribution >= 0.6 is 11.8 Å². The summed E-state index contributed by atoms with van der Waals surface area (Å²) in [5, 5.41) is 9.09. The number of aromatic nitrogens is 1. The molecule has 0 fully saturated rings. The van der Waals surface area contributed by atoms with Crippen molar-refractivity contribution >= 4 is 17.7 Å². The predicted molar refractivity (Wildman–Crippen MR) is 76.7 cm³/mol. The second-order valence-corrected chi connectivity index (χ2v) is 5.49. The number of rotatable bonds is 4. The van der Waals surface area contributed by atoms with Crippen molar-refractivity contribution < 1.29 is 9.90 Å². The topological polar surface area (TPSA) is 50.2 Å². The van der Waals surface area contributed by atoms with E-state index in [1.165, 1.54) is 0 Å². The molecule has 1 aromatic heterocycles. The first-order valence-corrected chi connectivity index (χ1v) is 6.92. The van der Waals surface area contributed by atoms with Gasteiger partial charge in [0.1, 0.15) is 0 Å². The van der Waals surface area contributed by atoms with Crippen LogP contribution < -0.4 is 0 Å². The van der Waals surface area contributed by atoms with E-state index >= 15 is 0 Å². The predicted octanol–water partition coefficient (Wildman–Crippen LogP) is 3.69. The lowest BCUT2D eigenvalue weighted by Crippen LogP contribution is -1.99. The van der Waals surface area contributed by atoms with E-state index in [-0.39, 0.29) is 0 Å². The van der Waals surface area contributed by atoms with Gasteiger partial charge in [-0.2, -0.15) is 0 Å². The molecule has 0 spiro atoms. The summed E-state index contributed by atoms with van der Waals surface area (Å²) < 4.78 is 0. The second kappa shape index (κ2) is 5.89. The average molecular weight is 273 g/mol. The van der Waals surface area contributed by atoms with E-state index in [1.807, 2.05) is 38.4 Å². The Bertz CT molecular complexity index is 611. The highest BCUT2D eigenvalue weighted by Crippen LogP contribution is 2.25. The third kappa shape index (κ3) is 3.58. The summed E-state index contributed by atoms with van der Waals surface area (Å²) >= 11 is 1.62. The summed E-state index contributed by atoms with van der Waals surface area (Å²) in [7, 11) is 0. The van der Waals surface area contributed by atoms with Crippen LogP contribution in [0.3, 0.4) is 0 Å². The quantitative estimate of drug-likeness (QED) is 0.863. The second-order valence-electron chi connectivity index (χ2n) is 4.44. The molecule has 0 saturated carbocycles. The minimum atomic E-state index is -0.878. The van der Waals surface area contributed by atoms with Crippen molar-refractivity contribution in [2.24, 2.45) is 0 Å². The first-order chi connectivity index (χ1) is 9.06. The number of carboxylic acids is 1. The zero-order chi connectivity index (χ0) is 13.8. The number of carbonyl (C=O) groups is 1. The summed E-state index contributed by atoms with van der Waals surface area (Å²) in [6.45, 7) is 3.82. The molecule has 98 valence electrons. The summed E-state index contributed by atoms with van der Waals surface area (Å²) in [6, 6.07) is 7.62. The van der Waals surface area contributed by atoms with Crippen molar-refractivity contribution in [2.45, 2.75) is 24.5 Å². The van der Waals surface area contributed by atoms with Gasteiger partial charge >= 0.3 is 5.97 Å². The summed E-state index contributed by atoms with van der Waals surface area (Å²) in [5.74, 6) is -0.0891. The Morgan fingerprint density at radius 1 is 1.26 bits per heavy atom. The lowest BCUT2D eigenvalue weighted by Gasteiger charge is -2.06. The normalized spacial score (nSPS) is 10.4. The molecule has 3 nitrogen and oxygen atoms in total. The maximum absolute atomic E-state index is 11.1. The minimum absolute atomic E-state index is 0.368. The maximum Gasteiger partial charge on any atom is 0.335 e. The number of aryl methyl sites for hydroxylation is 2. The number of hydrogen-bond donors (Lipinski definition) is 1. The van der Waals surface area contributed by atoms with Crippen molar-refractivity contribution in [3.8, 4) is 0 Å². The number of carboxylic acid groups (broad SMARTS) is 1. The molecule has 19 heavy (non-hydrogen) atoms. The molecule has 0 aliphatic rings. The van der Waals surface area contributed by atoms with Crippen LogP contribution in [-0.4, -0.2) is 16.1 Å². The molecule has 0 unspecified atom stereocenters. The molecule has 0 aliphatic heterocycles. The Kier molecular flexibility index (Phi) is 4.22. The van der Waals surface area contributed by atoms with Gasteiger partial charge in [-0.25, -0.2) is 4.79 Å². The van der Waals surface area contributed by atoms with E-state index in [9.17, 15) is 4.79 Å². The van der Waals surface area contributed by atoms with E-state index in [0.717, 1.165) is 27.3 Å². The fourth-order valence-corrected chi connectivity index (χ4v) is 2.64. The first-order valence-electron chi connectivity index (χ1n) is 5.93. The number of pyridine rings is 1. The Morgan fingerprint density at radius 2 is 2.05 bits per heavy atom. The highest BCUT2D eigenvalue weighted by Gasteiger charge is 2.08. The van der Waals surface area contributed by atoms with Crippen LogP contribution in [-0.2, 0) is 5.75 Å². The van der Waals surface area contributed by atoms with Crippen molar-refractivity contribution in [1.82, 2.24) is 4.98 Å². The monoisotopic (exact) mass is 273 g/mol. The van der Waals surface area contributed by atoms with Gasteiger partial charge in [-0.15, -0.1) is 11.8 Å². The largest absolute Gasteiger partial charge is 0.478 e. The van der Waals surface area contributed by atoms with E-state index < -0.39 is 5.97 Å². The van der Waals surface area contributed by atoms with Crippen molar-refractivity contribution in [3.05, 3.63) is 58.9 Å². The zero-order valence-electron chi connectivity index (χ0n) is 10.9. The molecule has 2 aromatic rings. The van der Waals surface area contributed by atoms with Gasteiger partial charge in [0.25, 0.3) is 0 Å². The van der Waals surface area contributed by atoms with Gasteiger partial charge in [-0.05, 0) is 42.7 Å². The number of aromatic carboxylic acids is 1. The Balaban J connectivity index is 2.12. The third-order valence-corrected chi connectivity index (χ3v) is 3.84. The summed E-state index contributed by atoms with van der Waals surface area (Å²) in [4.78, 5) is 16.2. The molecule has 0 atom stereocenters. The van der Waals surface area contributed by atoms with Crippen LogP contribution in [0.25, 0.3) is 0 Å². The highest BCUT2D eigenvalue weighted by atomic mass is 32.2. The smallest absolute Gasteiger partial charge is 0.335 e. The highest BCUT2D eigenvalue weighted by molar-refractivity contribution is 7.98. The average Bonchev–Trinajstić information content (AvgIpc) is 2.37. The van der Waals surface area contributed by atoms with Gasteiger partial charge in [0.05, 0.1) is 5.56 Å². The molecule has 0 saturated heterocycles. The maximum atomic E-state index is 11.1. The van der Waals surface area contributed by atoms with Crippen LogP contribution in [0.1, 0.15) is 27.0 Å². The number of benzene rings is 1. The van der Waals surface area contributed by atoms with Gasteiger partial charge in [-0.1, -0.05) is 12.1 Å². The van der Waals surface area contributed by atoms with Gasteiger partial charge in [0.2, 0.25) is 0 Å². The van der Waals surface area contributed by atoms with Crippen LogP contribution in [0.5, 0.6) is 0 Å².